The van der Waals surface area contributed by atoms with Gasteiger partial charge in [0.1, 0.15) is 0 Å². The van der Waals surface area contributed by atoms with Gasteiger partial charge in [-0.05, 0) is 24.6 Å². The summed E-state index contributed by atoms with van der Waals surface area (Å²) in [4.78, 5) is 0.459. The van der Waals surface area contributed by atoms with E-state index in [4.69, 9.17) is 27.4 Å². The minimum Gasteiger partial charge on any atom is -0.493 e. The van der Waals surface area contributed by atoms with Crippen molar-refractivity contribution in [3.05, 3.63) is 23.8 Å². The zero-order valence-electron chi connectivity index (χ0n) is 8.95. The molecular formula is C11H15NO2S. The predicted molar refractivity (Wildman–Crippen MR) is 64.6 cm³/mol. The Morgan fingerprint density at radius 2 is 2.13 bits per heavy atom. The van der Waals surface area contributed by atoms with Crippen molar-refractivity contribution >= 4 is 17.2 Å². The van der Waals surface area contributed by atoms with Crippen molar-refractivity contribution in [2.45, 2.75) is 13.3 Å². The molecule has 15 heavy (non-hydrogen) atoms. The number of ether oxygens (including phenoxy) is 2. The maximum atomic E-state index is 5.50. The van der Waals surface area contributed by atoms with Crippen LogP contribution in [-0.2, 0) is 0 Å². The van der Waals surface area contributed by atoms with Crippen LogP contribution >= 0.6 is 12.2 Å². The second-order valence-corrected chi connectivity index (χ2v) is 3.74. The van der Waals surface area contributed by atoms with Gasteiger partial charge in [0.25, 0.3) is 0 Å². The lowest BCUT2D eigenvalue weighted by molar-refractivity contribution is 0.303. The van der Waals surface area contributed by atoms with Gasteiger partial charge < -0.3 is 15.2 Å². The van der Waals surface area contributed by atoms with E-state index < -0.39 is 0 Å². The standard InChI is InChI=1S/C11H15NO2S/c1-8-3-4-9(10(7-8)13-2)14-6-5-11(12)15/h3-4,7H,5-6H2,1-2H3,(H2,12,15). The summed E-state index contributed by atoms with van der Waals surface area (Å²) in [5.74, 6) is 1.46. The summed E-state index contributed by atoms with van der Waals surface area (Å²) in [5, 5.41) is 0. The molecule has 0 fully saturated rings. The Kier molecular flexibility index (Phi) is 4.37. The van der Waals surface area contributed by atoms with E-state index in [0.29, 0.717) is 18.0 Å². The SMILES string of the molecule is COc1cc(C)ccc1OCCC(N)=S. The van der Waals surface area contributed by atoms with Gasteiger partial charge in [0, 0.05) is 6.42 Å². The first-order chi connectivity index (χ1) is 7.13. The van der Waals surface area contributed by atoms with Crippen LogP contribution in [0, 0.1) is 6.92 Å². The first-order valence-corrected chi connectivity index (χ1v) is 5.10. The molecule has 0 aliphatic rings. The summed E-state index contributed by atoms with van der Waals surface area (Å²) in [6.45, 7) is 2.48. The van der Waals surface area contributed by atoms with Gasteiger partial charge in [-0.1, -0.05) is 18.3 Å². The normalized spacial score (nSPS) is 9.73. The molecule has 1 rings (SSSR count). The van der Waals surface area contributed by atoms with Crippen molar-refractivity contribution in [1.29, 1.82) is 0 Å². The van der Waals surface area contributed by atoms with Gasteiger partial charge in [-0.25, -0.2) is 0 Å². The Hall–Kier alpha value is -1.29. The fourth-order valence-corrected chi connectivity index (χ4v) is 1.24. The van der Waals surface area contributed by atoms with E-state index in [1.165, 1.54) is 0 Å². The molecule has 3 nitrogen and oxygen atoms in total. The molecule has 0 amide bonds. The molecule has 0 aliphatic carbocycles. The number of aryl methyl sites for hydroxylation is 1. The van der Waals surface area contributed by atoms with E-state index in [9.17, 15) is 0 Å². The van der Waals surface area contributed by atoms with Crippen LogP contribution in [0.15, 0.2) is 18.2 Å². The smallest absolute Gasteiger partial charge is 0.161 e. The molecule has 1 aromatic rings. The van der Waals surface area contributed by atoms with Gasteiger partial charge in [0.2, 0.25) is 0 Å². The Morgan fingerprint density at radius 1 is 1.40 bits per heavy atom. The first-order valence-electron chi connectivity index (χ1n) is 4.69. The van der Waals surface area contributed by atoms with Crippen LogP contribution < -0.4 is 15.2 Å². The Labute approximate surface area is 95.2 Å². The minimum absolute atomic E-state index is 0.459. The molecule has 0 bridgehead atoms. The Morgan fingerprint density at radius 3 is 2.73 bits per heavy atom. The van der Waals surface area contributed by atoms with Crippen molar-refractivity contribution in [3.8, 4) is 11.5 Å². The lowest BCUT2D eigenvalue weighted by Gasteiger charge is -2.10. The highest BCUT2D eigenvalue weighted by Crippen LogP contribution is 2.27. The molecule has 0 unspecified atom stereocenters. The van der Waals surface area contributed by atoms with E-state index in [2.05, 4.69) is 0 Å². The van der Waals surface area contributed by atoms with E-state index in [0.717, 1.165) is 17.1 Å². The van der Waals surface area contributed by atoms with Gasteiger partial charge in [0.15, 0.2) is 11.5 Å². The van der Waals surface area contributed by atoms with Crippen LogP contribution in [0.4, 0.5) is 0 Å². The maximum absolute atomic E-state index is 5.50. The molecule has 0 saturated heterocycles. The van der Waals surface area contributed by atoms with E-state index in [1.54, 1.807) is 7.11 Å². The molecule has 0 atom stereocenters. The highest BCUT2D eigenvalue weighted by Gasteiger charge is 2.03. The van der Waals surface area contributed by atoms with Crippen LogP contribution in [-0.4, -0.2) is 18.7 Å². The number of methoxy groups -OCH3 is 1. The molecule has 0 spiro atoms. The average Bonchev–Trinajstić information content (AvgIpc) is 2.19. The third-order valence-corrected chi connectivity index (χ3v) is 2.13. The first kappa shape index (κ1) is 11.8. The molecule has 0 saturated carbocycles. The molecule has 0 aromatic heterocycles. The zero-order chi connectivity index (χ0) is 11.3. The fraction of sp³-hybridized carbons (Fsp3) is 0.364. The van der Waals surface area contributed by atoms with Crippen LogP contribution in [0.2, 0.25) is 0 Å². The summed E-state index contributed by atoms with van der Waals surface area (Å²) >= 11 is 4.76. The Bertz CT molecular complexity index is 352. The second-order valence-electron chi connectivity index (χ2n) is 3.22. The predicted octanol–water partition coefficient (Wildman–Crippen LogP) is 2.06. The Balaban J connectivity index is 2.63. The number of thiocarbonyl (C=S) groups is 1. The van der Waals surface area contributed by atoms with Crippen molar-refractivity contribution in [2.75, 3.05) is 13.7 Å². The highest BCUT2D eigenvalue weighted by atomic mass is 32.1. The molecule has 0 heterocycles. The van der Waals surface area contributed by atoms with Gasteiger partial charge >= 0.3 is 0 Å². The summed E-state index contributed by atoms with van der Waals surface area (Å²) in [7, 11) is 1.62. The summed E-state index contributed by atoms with van der Waals surface area (Å²) < 4.78 is 10.7. The topological polar surface area (TPSA) is 44.5 Å². The van der Waals surface area contributed by atoms with Gasteiger partial charge in [0.05, 0.1) is 18.7 Å². The molecule has 82 valence electrons. The van der Waals surface area contributed by atoms with E-state index >= 15 is 0 Å². The zero-order valence-corrected chi connectivity index (χ0v) is 9.76. The van der Waals surface area contributed by atoms with Gasteiger partial charge in [-0.3, -0.25) is 0 Å². The van der Waals surface area contributed by atoms with Crippen LogP contribution in [0.1, 0.15) is 12.0 Å². The monoisotopic (exact) mass is 225 g/mol. The summed E-state index contributed by atoms with van der Waals surface area (Å²) in [6.07, 6.45) is 0.576. The number of hydrogen-bond acceptors (Lipinski definition) is 3. The molecular weight excluding hydrogens is 210 g/mol. The fourth-order valence-electron chi connectivity index (χ4n) is 1.16. The lowest BCUT2D eigenvalue weighted by Crippen LogP contribution is -2.12. The molecule has 4 heteroatoms. The molecule has 0 radical (unpaired) electrons. The second kappa shape index (κ2) is 5.56. The van der Waals surface area contributed by atoms with E-state index in [1.807, 2.05) is 25.1 Å². The number of hydrogen-bond donors (Lipinski definition) is 1. The quantitative estimate of drug-likeness (QED) is 0.779. The highest BCUT2D eigenvalue weighted by molar-refractivity contribution is 7.80. The largest absolute Gasteiger partial charge is 0.493 e. The molecule has 1 aromatic carbocycles. The average molecular weight is 225 g/mol. The molecule has 2 N–H and O–H groups in total. The number of benzene rings is 1. The van der Waals surface area contributed by atoms with E-state index in [-0.39, 0.29) is 0 Å². The van der Waals surface area contributed by atoms with Gasteiger partial charge in [-0.15, -0.1) is 0 Å². The minimum atomic E-state index is 0.459. The summed E-state index contributed by atoms with van der Waals surface area (Å²) in [5.41, 5.74) is 6.50. The third-order valence-electron chi connectivity index (χ3n) is 1.93. The van der Waals surface area contributed by atoms with Crippen molar-refractivity contribution in [1.82, 2.24) is 0 Å². The van der Waals surface area contributed by atoms with Gasteiger partial charge in [-0.2, -0.15) is 0 Å². The van der Waals surface area contributed by atoms with Crippen LogP contribution in [0.25, 0.3) is 0 Å². The van der Waals surface area contributed by atoms with Crippen molar-refractivity contribution in [3.63, 3.8) is 0 Å². The third kappa shape index (κ3) is 3.75. The van der Waals surface area contributed by atoms with Crippen LogP contribution in [0.5, 0.6) is 11.5 Å². The van der Waals surface area contributed by atoms with Crippen molar-refractivity contribution in [2.24, 2.45) is 5.73 Å². The molecule has 0 aliphatic heterocycles. The number of rotatable bonds is 5. The van der Waals surface area contributed by atoms with Crippen molar-refractivity contribution < 1.29 is 9.47 Å². The summed E-state index contributed by atoms with van der Waals surface area (Å²) in [6, 6.07) is 5.78. The lowest BCUT2D eigenvalue weighted by atomic mass is 10.2. The number of nitrogens with two attached hydrogens (primary N) is 1. The van der Waals surface area contributed by atoms with Crippen LogP contribution in [0.3, 0.4) is 0 Å². The maximum Gasteiger partial charge on any atom is 0.161 e.